The summed E-state index contributed by atoms with van der Waals surface area (Å²) >= 11 is 1.25. The van der Waals surface area contributed by atoms with Crippen molar-refractivity contribution >= 4 is 22.8 Å². The van der Waals surface area contributed by atoms with Gasteiger partial charge in [0.1, 0.15) is 30.9 Å². The summed E-state index contributed by atoms with van der Waals surface area (Å²) in [4.78, 5) is 18.5. The molecule has 0 N–H and O–H groups in total. The molecule has 0 radical (unpaired) electrons. The molecule has 0 saturated carbocycles. The molecule has 26 heavy (non-hydrogen) atoms. The van der Waals surface area contributed by atoms with Crippen LogP contribution >= 0.6 is 11.3 Å². The van der Waals surface area contributed by atoms with Crippen LogP contribution in [0.15, 0.2) is 22.3 Å². The average Bonchev–Trinajstić information content (AvgIpc) is 3.20. The van der Waals surface area contributed by atoms with E-state index in [2.05, 4.69) is 4.85 Å². The minimum Gasteiger partial charge on any atom is -0.485 e. The fourth-order valence-corrected chi connectivity index (χ4v) is 3.82. The number of nitriles is 2. The first-order chi connectivity index (χ1) is 12.7. The van der Waals surface area contributed by atoms with E-state index in [1.807, 2.05) is 19.1 Å². The molecule has 0 saturated heterocycles. The normalized spacial score (nSPS) is 15.5. The highest BCUT2D eigenvalue weighted by molar-refractivity contribution is 7.12. The molecule has 1 aromatic rings. The molecule has 0 unspecified atom stereocenters. The van der Waals surface area contributed by atoms with E-state index in [4.69, 9.17) is 16.0 Å². The number of amides is 1. The smallest absolute Gasteiger partial charge is 0.248 e. The Morgan fingerprint density at radius 2 is 2.12 bits per heavy atom. The zero-order valence-electron chi connectivity index (χ0n) is 14.0. The largest absolute Gasteiger partial charge is 0.485 e. The second-order valence-corrected chi connectivity index (χ2v) is 6.43. The van der Waals surface area contributed by atoms with Crippen LogP contribution in [0, 0.1) is 29.2 Å². The minimum absolute atomic E-state index is 0.0167. The molecule has 1 amide bonds. The third-order valence-corrected chi connectivity index (χ3v) is 4.98. The molecule has 0 aromatic carbocycles. The fraction of sp³-hybridized carbons (Fsp3) is 0.333. The molecule has 0 spiro atoms. The van der Waals surface area contributed by atoms with E-state index in [1.54, 1.807) is 5.38 Å². The molecule has 0 atom stereocenters. The fourth-order valence-electron chi connectivity index (χ4n) is 2.85. The van der Waals surface area contributed by atoms with Crippen molar-refractivity contribution in [1.29, 1.82) is 10.5 Å². The van der Waals surface area contributed by atoms with Gasteiger partial charge in [-0.3, -0.25) is 4.79 Å². The summed E-state index contributed by atoms with van der Waals surface area (Å²) in [5.74, 6) is 0.596. The van der Waals surface area contributed by atoms with Crippen LogP contribution < -0.4 is 9.47 Å². The summed E-state index contributed by atoms with van der Waals surface area (Å²) in [6, 6.07) is 3.62. The molecular formula is C18H14N4O3S. The number of unbranched alkanes of at least 4 members (excludes halogenated alkanes) is 1. The van der Waals surface area contributed by atoms with Crippen molar-refractivity contribution in [2.45, 2.75) is 19.8 Å². The summed E-state index contributed by atoms with van der Waals surface area (Å²) in [5.41, 5.74) is 0.0456. The summed E-state index contributed by atoms with van der Waals surface area (Å²) in [5, 5.41) is 20.3. The van der Waals surface area contributed by atoms with Crippen molar-refractivity contribution in [2.75, 3.05) is 19.8 Å². The lowest BCUT2D eigenvalue weighted by molar-refractivity contribution is -0.122. The summed E-state index contributed by atoms with van der Waals surface area (Å²) in [7, 11) is 0. The number of carbonyl (C=O) groups is 1. The Hall–Kier alpha value is -3.28. The SMILES string of the molecule is [C-]#[N+]C1=C(c2scc3c2OCCO3)C(=O)N(CCCC)C1=C(C#N)C#N. The van der Waals surface area contributed by atoms with E-state index in [0.717, 1.165) is 6.42 Å². The Bertz CT molecular complexity index is 937. The Morgan fingerprint density at radius 1 is 1.38 bits per heavy atom. The maximum absolute atomic E-state index is 13.1. The van der Waals surface area contributed by atoms with Crippen LogP contribution in [0.5, 0.6) is 11.5 Å². The number of allylic oxidation sites excluding steroid dienone is 1. The first kappa shape index (κ1) is 17.5. The highest BCUT2D eigenvalue weighted by atomic mass is 32.1. The number of fused-ring (bicyclic) bond motifs is 1. The standard InChI is InChI=1S/C18H14N4O3S/c1-3-4-5-22-15(11(8-19)9-20)14(21-2)13(18(22)23)17-16-12(10-26-17)24-6-7-25-16/h10H,3-7H2,1H3. The van der Waals surface area contributed by atoms with E-state index in [-0.39, 0.29) is 28.4 Å². The van der Waals surface area contributed by atoms with Crippen molar-refractivity contribution < 1.29 is 14.3 Å². The van der Waals surface area contributed by atoms with Crippen molar-refractivity contribution in [3.05, 3.63) is 38.6 Å². The Morgan fingerprint density at radius 3 is 2.77 bits per heavy atom. The van der Waals surface area contributed by atoms with Crippen LogP contribution in [-0.4, -0.2) is 30.6 Å². The van der Waals surface area contributed by atoms with Gasteiger partial charge in [-0.05, 0) is 6.42 Å². The molecule has 0 aliphatic carbocycles. The molecule has 8 heteroatoms. The summed E-state index contributed by atoms with van der Waals surface area (Å²) in [6.45, 7) is 10.7. The van der Waals surface area contributed by atoms with Crippen LogP contribution in [-0.2, 0) is 4.79 Å². The highest BCUT2D eigenvalue weighted by Gasteiger charge is 2.40. The lowest BCUT2D eigenvalue weighted by atomic mass is 10.1. The lowest BCUT2D eigenvalue weighted by Gasteiger charge is -2.19. The Kier molecular flexibility index (Phi) is 4.93. The van der Waals surface area contributed by atoms with Gasteiger partial charge in [0.2, 0.25) is 11.6 Å². The van der Waals surface area contributed by atoms with E-state index in [9.17, 15) is 15.3 Å². The van der Waals surface area contributed by atoms with Gasteiger partial charge in [0.25, 0.3) is 0 Å². The Labute approximate surface area is 154 Å². The van der Waals surface area contributed by atoms with Gasteiger partial charge in [-0.1, -0.05) is 13.3 Å². The number of nitrogens with zero attached hydrogens (tertiary/aromatic N) is 4. The first-order valence-electron chi connectivity index (χ1n) is 8.03. The third-order valence-electron chi connectivity index (χ3n) is 4.03. The van der Waals surface area contributed by atoms with Crippen molar-refractivity contribution in [3.63, 3.8) is 0 Å². The highest BCUT2D eigenvalue weighted by Crippen LogP contribution is 2.48. The molecule has 2 aliphatic heterocycles. The second kappa shape index (κ2) is 7.31. The monoisotopic (exact) mass is 366 g/mol. The minimum atomic E-state index is -0.388. The first-order valence-corrected chi connectivity index (χ1v) is 8.91. The van der Waals surface area contributed by atoms with Crippen molar-refractivity contribution in [1.82, 2.24) is 4.90 Å². The maximum atomic E-state index is 13.1. The number of ether oxygens (including phenoxy) is 2. The lowest BCUT2D eigenvalue weighted by Crippen LogP contribution is -2.27. The van der Waals surface area contributed by atoms with Gasteiger partial charge in [-0.15, -0.1) is 11.3 Å². The van der Waals surface area contributed by atoms with E-state index >= 15 is 0 Å². The van der Waals surface area contributed by atoms with E-state index < -0.39 is 0 Å². The van der Waals surface area contributed by atoms with Crippen LogP contribution in [0.3, 0.4) is 0 Å². The number of hydrogen-bond donors (Lipinski definition) is 0. The maximum Gasteiger partial charge on any atom is 0.248 e. The van der Waals surface area contributed by atoms with Gasteiger partial charge >= 0.3 is 0 Å². The molecule has 3 heterocycles. The second-order valence-electron chi connectivity index (χ2n) is 5.55. The zero-order chi connectivity index (χ0) is 18.7. The number of thiophene rings is 1. The van der Waals surface area contributed by atoms with Gasteiger partial charge in [0.15, 0.2) is 11.5 Å². The van der Waals surface area contributed by atoms with Crippen molar-refractivity contribution in [3.8, 4) is 23.6 Å². The van der Waals surface area contributed by atoms with Gasteiger partial charge in [0, 0.05) is 11.9 Å². The van der Waals surface area contributed by atoms with Gasteiger partial charge in [-0.2, -0.15) is 10.5 Å². The molecule has 130 valence electrons. The van der Waals surface area contributed by atoms with E-state index in [1.165, 1.54) is 16.2 Å². The van der Waals surface area contributed by atoms with E-state index in [0.29, 0.717) is 42.6 Å². The number of carbonyl (C=O) groups excluding carboxylic acids is 1. The molecule has 7 nitrogen and oxygen atoms in total. The molecule has 3 rings (SSSR count). The molecule has 0 fully saturated rings. The Balaban J connectivity index is 2.22. The van der Waals surface area contributed by atoms with Gasteiger partial charge < -0.3 is 14.4 Å². The van der Waals surface area contributed by atoms with Crippen LogP contribution in [0.4, 0.5) is 0 Å². The topological polar surface area (TPSA) is 90.7 Å². The zero-order valence-corrected chi connectivity index (χ0v) is 14.9. The summed E-state index contributed by atoms with van der Waals surface area (Å²) in [6.07, 6.45) is 1.53. The van der Waals surface area contributed by atoms with Gasteiger partial charge in [0.05, 0.1) is 22.7 Å². The quantitative estimate of drug-likeness (QED) is 0.603. The van der Waals surface area contributed by atoms with Gasteiger partial charge in [-0.25, -0.2) is 4.85 Å². The molecule has 0 bridgehead atoms. The van der Waals surface area contributed by atoms with Crippen molar-refractivity contribution in [2.24, 2.45) is 0 Å². The van der Waals surface area contributed by atoms with Crippen LogP contribution in [0.25, 0.3) is 10.4 Å². The third kappa shape index (κ3) is 2.69. The molecule has 1 aromatic heterocycles. The molecule has 2 aliphatic rings. The molecular weight excluding hydrogens is 352 g/mol. The van der Waals surface area contributed by atoms with Crippen LogP contribution in [0.2, 0.25) is 0 Å². The predicted molar refractivity (Wildman–Crippen MR) is 93.7 cm³/mol. The van der Waals surface area contributed by atoms with Crippen LogP contribution in [0.1, 0.15) is 24.6 Å². The number of rotatable bonds is 4. The number of hydrogen-bond acceptors (Lipinski definition) is 6. The summed E-state index contributed by atoms with van der Waals surface area (Å²) < 4.78 is 11.2. The predicted octanol–water partition coefficient (Wildman–Crippen LogP) is 3.09. The average molecular weight is 366 g/mol.